The molecule has 0 saturated carbocycles. The summed E-state index contributed by atoms with van der Waals surface area (Å²) < 4.78 is 10.8. The van der Waals surface area contributed by atoms with Crippen molar-refractivity contribution in [1.82, 2.24) is 4.90 Å². The van der Waals surface area contributed by atoms with Crippen LogP contribution in [0.4, 0.5) is 5.69 Å². The average molecular weight is 339 g/mol. The zero-order valence-corrected chi connectivity index (χ0v) is 13.9. The Morgan fingerprint density at radius 2 is 2.00 bits per heavy atom. The van der Waals surface area contributed by atoms with Gasteiger partial charge in [-0.05, 0) is 32.0 Å². The van der Waals surface area contributed by atoms with E-state index in [4.69, 9.17) is 21.1 Å². The predicted octanol–water partition coefficient (Wildman–Crippen LogP) is 1.70. The van der Waals surface area contributed by atoms with Crippen molar-refractivity contribution in [3.05, 3.63) is 23.2 Å². The summed E-state index contributed by atoms with van der Waals surface area (Å²) in [5.74, 6) is 0.0196. The Kier molecular flexibility index (Phi) is 4.46. The van der Waals surface area contributed by atoms with Crippen LogP contribution in [0.1, 0.15) is 13.8 Å². The summed E-state index contributed by atoms with van der Waals surface area (Å²) in [7, 11) is 0. The maximum Gasteiger partial charge on any atom is 0.331 e. The van der Waals surface area contributed by atoms with Crippen molar-refractivity contribution in [2.45, 2.75) is 26.1 Å². The van der Waals surface area contributed by atoms with Crippen LogP contribution in [0.3, 0.4) is 0 Å². The summed E-state index contributed by atoms with van der Waals surface area (Å²) in [4.78, 5) is 27.8. The fraction of sp³-hybridized carbons (Fsp3) is 0.500. The molecule has 0 N–H and O–H groups in total. The van der Waals surface area contributed by atoms with Crippen LogP contribution in [-0.4, -0.2) is 55.2 Å². The van der Waals surface area contributed by atoms with E-state index in [0.717, 1.165) is 0 Å². The molecule has 2 aliphatic rings. The molecule has 0 aliphatic carbocycles. The minimum atomic E-state index is -0.378. The number of carbonyl (C=O) groups excluding carboxylic acids is 2. The lowest BCUT2D eigenvalue weighted by Gasteiger charge is -2.37. The third-order valence-corrected chi connectivity index (χ3v) is 4.14. The largest absolute Gasteiger partial charge is 0.423 e. The molecule has 2 unspecified atom stereocenters. The van der Waals surface area contributed by atoms with E-state index in [-0.39, 0.29) is 37.2 Å². The lowest BCUT2D eigenvalue weighted by Crippen LogP contribution is -2.52. The molecule has 0 radical (unpaired) electrons. The van der Waals surface area contributed by atoms with E-state index in [1.54, 1.807) is 28.0 Å². The molecule has 2 heterocycles. The summed E-state index contributed by atoms with van der Waals surface area (Å²) in [5, 5.41) is 0.535. The summed E-state index contributed by atoms with van der Waals surface area (Å²) in [6, 6.07) is 5.01. The van der Waals surface area contributed by atoms with E-state index in [0.29, 0.717) is 29.5 Å². The summed E-state index contributed by atoms with van der Waals surface area (Å²) in [6.07, 6.45) is 0.0199. The third-order valence-electron chi connectivity index (χ3n) is 3.90. The van der Waals surface area contributed by atoms with E-state index in [1.807, 2.05) is 13.8 Å². The van der Waals surface area contributed by atoms with Gasteiger partial charge in [0.15, 0.2) is 5.75 Å². The number of halogens is 1. The van der Waals surface area contributed by atoms with E-state index in [2.05, 4.69) is 0 Å². The minimum Gasteiger partial charge on any atom is -0.423 e. The molecular formula is C16H19ClN2O4. The molecule has 23 heavy (non-hydrogen) atoms. The Labute approximate surface area is 139 Å². The van der Waals surface area contributed by atoms with Crippen LogP contribution in [-0.2, 0) is 14.3 Å². The number of amides is 1. The number of benzene rings is 1. The molecule has 124 valence electrons. The number of esters is 1. The van der Waals surface area contributed by atoms with Gasteiger partial charge in [0, 0.05) is 18.1 Å². The van der Waals surface area contributed by atoms with Crippen molar-refractivity contribution < 1.29 is 19.1 Å². The number of hydrogen-bond donors (Lipinski definition) is 0. The van der Waals surface area contributed by atoms with E-state index in [1.165, 1.54) is 0 Å². The normalized spacial score (nSPS) is 24.2. The Bertz CT molecular complexity index is 627. The molecule has 1 aromatic carbocycles. The number of hydrogen-bond acceptors (Lipinski definition) is 5. The molecule has 0 aromatic heterocycles. The van der Waals surface area contributed by atoms with Crippen molar-refractivity contribution in [1.29, 1.82) is 0 Å². The van der Waals surface area contributed by atoms with Gasteiger partial charge in [-0.3, -0.25) is 4.79 Å². The Morgan fingerprint density at radius 3 is 2.70 bits per heavy atom. The fourth-order valence-electron chi connectivity index (χ4n) is 3.01. The van der Waals surface area contributed by atoms with Crippen LogP contribution < -0.4 is 9.64 Å². The standard InChI is InChI=1S/C16H19ClN2O4/c1-10-6-19(7-11(2)22-10)15(20)8-18-9-16(21)23-14-4-3-12(17)5-13(14)18/h3-5,10-11H,6-9H2,1-2H3. The van der Waals surface area contributed by atoms with Gasteiger partial charge in [0.25, 0.3) is 0 Å². The molecule has 1 aromatic rings. The number of ether oxygens (including phenoxy) is 2. The van der Waals surface area contributed by atoms with Crippen LogP contribution in [0.5, 0.6) is 5.75 Å². The second-order valence-corrected chi connectivity index (χ2v) is 6.43. The smallest absolute Gasteiger partial charge is 0.331 e. The Balaban J connectivity index is 1.76. The first-order valence-corrected chi connectivity index (χ1v) is 7.98. The number of morpholine rings is 1. The molecule has 2 atom stereocenters. The molecule has 1 fully saturated rings. The predicted molar refractivity (Wildman–Crippen MR) is 85.9 cm³/mol. The van der Waals surface area contributed by atoms with Gasteiger partial charge in [-0.1, -0.05) is 11.6 Å². The first kappa shape index (κ1) is 16.1. The van der Waals surface area contributed by atoms with Gasteiger partial charge in [0.1, 0.15) is 6.54 Å². The van der Waals surface area contributed by atoms with Crippen LogP contribution in [0.15, 0.2) is 18.2 Å². The molecule has 1 amide bonds. The van der Waals surface area contributed by atoms with Crippen LogP contribution in [0.25, 0.3) is 0 Å². The lowest BCUT2D eigenvalue weighted by molar-refractivity contribution is -0.141. The summed E-state index contributed by atoms with van der Waals surface area (Å²) >= 11 is 6.02. The van der Waals surface area contributed by atoms with Gasteiger partial charge in [-0.15, -0.1) is 0 Å². The summed E-state index contributed by atoms with van der Waals surface area (Å²) in [6.45, 7) is 5.16. The molecule has 0 spiro atoms. The first-order chi connectivity index (χ1) is 10.9. The van der Waals surface area contributed by atoms with Crippen LogP contribution in [0, 0.1) is 0 Å². The van der Waals surface area contributed by atoms with E-state index < -0.39 is 0 Å². The van der Waals surface area contributed by atoms with E-state index in [9.17, 15) is 9.59 Å². The third kappa shape index (κ3) is 3.59. The van der Waals surface area contributed by atoms with Crippen molar-refractivity contribution in [2.24, 2.45) is 0 Å². The zero-order chi connectivity index (χ0) is 16.6. The molecule has 6 nitrogen and oxygen atoms in total. The van der Waals surface area contributed by atoms with Crippen LogP contribution in [0.2, 0.25) is 5.02 Å². The average Bonchev–Trinajstić information content (AvgIpc) is 2.47. The maximum atomic E-state index is 12.6. The quantitative estimate of drug-likeness (QED) is 0.607. The van der Waals surface area contributed by atoms with E-state index >= 15 is 0 Å². The van der Waals surface area contributed by atoms with Gasteiger partial charge >= 0.3 is 5.97 Å². The first-order valence-electron chi connectivity index (χ1n) is 7.61. The van der Waals surface area contributed by atoms with Gasteiger partial charge in [-0.25, -0.2) is 4.79 Å². The number of rotatable bonds is 2. The van der Waals surface area contributed by atoms with Crippen molar-refractivity contribution in [2.75, 3.05) is 31.1 Å². The van der Waals surface area contributed by atoms with Crippen molar-refractivity contribution in [3.8, 4) is 5.75 Å². The highest BCUT2D eigenvalue weighted by Crippen LogP contribution is 2.34. The molecule has 1 saturated heterocycles. The highest BCUT2D eigenvalue weighted by atomic mass is 35.5. The molecule has 0 bridgehead atoms. The van der Waals surface area contributed by atoms with Crippen LogP contribution >= 0.6 is 11.6 Å². The van der Waals surface area contributed by atoms with Gasteiger partial charge in [-0.2, -0.15) is 0 Å². The molecular weight excluding hydrogens is 320 g/mol. The summed E-state index contributed by atoms with van der Waals surface area (Å²) in [5.41, 5.74) is 0.666. The molecule has 2 aliphatic heterocycles. The number of fused-ring (bicyclic) bond motifs is 1. The second-order valence-electron chi connectivity index (χ2n) is 6.00. The second kappa shape index (κ2) is 6.37. The van der Waals surface area contributed by atoms with Crippen molar-refractivity contribution >= 4 is 29.2 Å². The SMILES string of the molecule is CC1CN(C(=O)CN2CC(=O)Oc3ccc(Cl)cc32)CC(C)O1. The molecule has 3 rings (SSSR count). The van der Waals surface area contributed by atoms with Gasteiger partial charge in [0.2, 0.25) is 5.91 Å². The number of carbonyl (C=O) groups is 2. The monoisotopic (exact) mass is 338 g/mol. The lowest BCUT2D eigenvalue weighted by atomic mass is 10.2. The number of anilines is 1. The highest BCUT2D eigenvalue weighted by Gasteiger charge is 2.30. The van der Waals surface area contributed by atoms with Gasteiger partial charge < -0.3 is 19.3 Å². The number of nitrogens with zero attached hydrogens (tertiary/aromatic N) is 2. The Hall–Kier alpha value is -1.79. The topological polar surface area (TPSA) is 59.1 Å². The van der Waals surface area contributed by atoms with Gasteiger partial charge in [0.05, 0.1) is 24.4 Å². The Morgan fingerprint density at radius 1 is 1.30 bits per heavy atom. The zero-order valence-electron chi connectivity index (χ0n) is 13.1. The minimum absolute atomic E-state index is 0.00996. The maximum absolute atomic E-state index is 12.6. The fourth-order valence-corrected chi connectivity index (χ4v) is 3.17. The van der Waals surface area contributed by atoms with Crippen molar-refractivity contribution in [3.63, 3.8) is 0 Å². The molecule has 7 heteroatoms. The highest BCUT2D eigenvalue weighted by molar-refractivity contribution is 6.31.